The number of benzene rings is 1. The van der Waals surface area contributed by atoms with E-state index in [9.17, 15) is 4.79 Å². The fourth-order valence-electron chi connectivity index (χ4n) is 3.12. The van der Waals surface area contributed by atoms with Gasteiger partial charge in [0.1, 0.15) is 0 Å². The molecule has 1 saturated heterocycles. The molecule has 0 bridgehead atoms. The van der Waals surface area contributed by atoms with Gasteiger partial charge < -0.3 is 10.2 Å². The van der Waals surface area contributed by atoms with Crippen molar-refractivity contribution in [2.75, 3.05) is 24.5 Å². The standard InChI is InChI=1S/C19H30N2O/c1-2-3-4-5-9-14-20-19(22)17-12-15-21(16-13-17)18-10-7-6-8-11-18/h6-8,10-11,17H,2-5,9,12-16H2,1H3,(H,20,22). The van der Waals surface area contributed by atoms with Crippen molar-refractivity contribution in [2.45, 2.75) is 51.9 Å². The van der Waals surface area contributed by atoms with Crippen LogP contribution in [-0.2, 0) is 4.79 Å². The number of unbranched alkanes of at least 4 members (excludes halogenated alkanes) is 4. The maximum Gasteiger partial charge on any atom is 0.223 e. The molecule has 3 nitrogen and oxygen atoms in total. The molecule has 1 N–H and O–H groups in total. The maximum absolute atomic E-state index is 12.2. The van der Waals surface area contributed by atoms with Crippen molar-refractivity contribution < 1.29 is 4.79 Å². The summed E-state index contributed by atoms with van der Waals surface area (Å²) < 4.78 is 0. The van der Waals surface area contributed by atoms with Gasteiger partial charge in [-0.2, -0.15) is 0 Å². The predicted octanol–water partition coefficient (Wildman–Crippen LogP) is 3.99. The Morgan fingerprint density at radius 1 is 1.09 bits per heavy atom. The number of rotatable bonds is 8. The van der Waals surface area contributed by atoms with Gasteiger partial charge in [0.2, 0.25) is 5.91 Å². The van der Waals surface area contributed by atoms with Crippen molar-refractivity contribution in [1.82, 2.24) is 5.32 Å². The maximum atomic E-state index is 12.2. The van der Waals surface area contributed by atoms with E-state index in [0.717, 1.165) is 38.9 Å². The monoisotopic (exact) mass is 302 g/mol. The van der Waals surface area contributed by atoms with E-state index in [1.54, 1.807) is 0 Å². The van der Waals surface area contributed by atoms with Crippen molar-refractivity contribution in [3.8, 4) is 0 Å². The van der Waals surface area contributed by atoms with Crippen LogP contribution in [0.3, 0.4) is 0 Å². The minimum atomic E-state index is 0.204. The first-order valence-electron chi connectivity index (χ1n) is 8.89. The number of nitrogens with zero attached hydrogens (tertiary/aromatic N) is 1. The average Bonchev–Trinajstić information content (AvgIpc) is 2.59. The lowest BCUT2D eigenvalue weighted by atomic mass is 9.95. The van der Waals surface area contributed by atoms with Gasteiger partial charge in [-0.3, -0.25) is 4.79 Å². The molecule has 0 aromatic heterocycles. The van der Waals surface area contributed by atoms with Gasteiger partial charge in [0.15, 0.2) is 0 Å². The summed E-state index contributed by atoms with van der Waals surface area (Å²) in [6.45, 7) is 5.04. The summed E-state index contributed by atoms with van der Waals surface area (Å²) in [5.74, 6) is 0.471. The zero-order valence-corrected chi connectivity index (χ0v) is 13.9. The molecule has 1 aliphatic heterocycles. The van der Waals surface area contributed by atoms with Crippen LogP contribution in [0.1, 0.15) is 51.9 Å². The van der Waals surface area contributed by atoms with Gasteiger partial charge in [-0.05, 0) is 31.4 Å². The van der Waals surface area contributed by atoms with E-state index in [1.165, 1.54) is 31.4 Å². The minimum absolute atomic E-state index is 0.204. The van der Waals surface area contributed by atoms with Crippen LogP contribution >= 0.6 is 0 Å². The normalized spacial score (nSPS) is 15.8. The smallest absolute Gasteiger partial charge is 0.223 e. The molecule has 0 spiro atoms. The number of carbonyl (C=O) groups excluding carboxylic acids is 1. The number of anilines is 1. The first kappa shape index (κ1) is 16.9. The molecule has 1 fully saturated rings. The van der Waals surface area contributed by atoms with Gasteiger partial charge in [0, 0.05) is 31.2 Å². The summed E-state index contributed by atoms with van der Waals surface area (Å²) in [5, 5.41) is 3.13. The summed E-state index contributed by atoms with van der Waals surface area (Å²) in [6.07, 6.45) is 8.17. The predicted molar refractivity (Wildman–Crippen MR) is 93.1 cm³/mol. The molecule has 3 heteroatoms. The number of hydrogen-bond donors (Lipinski definition) is 1. The molecule has 0 saturated carbocycles. The number of hydrogen-bond acceptors (Lipinski definition) is 2. The van der Waals surface area contributed by atoms with Gasteiger partial charge in [0.05, 0.1) is 0 Å². The number of nitrogens with one attached hydrogen (secondary N) is 1. The third-order valence-corrected chi connectivity index (χ3v) is 4.57. The zero-order chi connectivity index (χ0) is 15.6. The molecule has 0 atom stereocenters. The largest absolute Gasteiger partial charge is 0.371 e. The van der Waals surface area contributed by atoms with Gasteiger partial charge >= 0.3 is 0 Å². The summed E-state index contributed by atoms with van der Waals surface area (Å²) in [6, 6.07) is 10.5. The Labute approximate surface area is 135 Å². The summed E-state index contributed by atoms with van der Waals surface area (Å²) in [5.41, 5.74) is 1.28. The van der Waals surface area contributed by atoms with Crippen LogP contribution in [0, 0.1) is 5.92 Å². The first-order chi connectivity index (χ1) is 10.8. The molecule has 22 heavy (non-hydrogen) atoms. The van der Waals surface area contributed by atoms with E-state index in [4.69, 9.17) is 0 Å². The van der Waals surface area contributed by atoms with E-state index in [-0.39, 0.29) is 11.8 Å². The molecule has 122 valence electrons. The third kappa shape index (κ3) is 5.36. The zero-order valence-electron chi connectivity index (χ0n) is 13.9. The first-order valence-corrected chi connectivity index (χ1v) is 8.89. The summed E-state index contributed by atoms with van der Waals surface area (Å²) >= 11 is 0. The van der Waals surface area contributed by atoms with Gasteiger partial charge in [-0.15, -0.1) is 0 Å². The Hall–Kier alpha value is -1.51. The molecule has 1 aliphatic rings. The number of amides is 1. The van der Waals surface area contributed by atoms with E-state index in [2.05, 4.69) is 41.4 Å². The van der Waals surface area contributed by atoms with Crippen molar-refractivity contribution in [2.24, 2.45) is 5.92 Å². The Kier molecular flexibility index (Phi) is 7.27. The highest BCUT2D eigenvalue weighted by Crippen LogP contribution is 2.23. The molecule has 0 unspecified atom stereocenters. The van der Waals surface area contributed by atoms with Crippen LogP contribution in [0.15, 0.2) is 30.3 Å². The summed E-state index contributed by atoms with van der Waals surface area (Å²) in [7, 11) is 0. The van der Waals surface area contributed by atoms with E-state index < -0.39 is 0 Å². The Balaban J connectivity index is 1.63. The second-order valence-corrected chi connectivity index (χ2v) is 6.30. The van der Waals surface area contributed by atoms with Crippen LogP contribution in [0.2, 0.25) is 0 Å². The summed E-state index contributed by atoms with van der Waals surface area (Å²) in [4.78, 5) is 14.6. The molecule has 1 amide bonds. The second-order valence-electron chi connectivity index (χ2n) is 6.30. The molecule has 1 heterocycles. The second kappa shape index (κ2) is 9.50. The van der Waals surface area contributed by atoms with Crippen LogP contribution in [0.4, 0.5) is 5.69 Å². The van der Waals surface area contributed by atoms with Crippen molar-refractivity contribution in [3.05, 3.63) is 30.3 Å². The number of para-hydroxylation sites is 1. The SMILES string of the molecule is CCCCCCCNC(=O)C1CCN(c2ccccc2)CC1. The lowest BCUT2D eigenvalue weighted by Crippen LogP contribution is -2.40. The van der Waals surface area contributed by atoms with Crippen LogP contribution in [-0.4, -0.2) is 25.5 Å². The van der Waals surface area contributed by atoms with Crippen molar-refractivity contribution in [3.63, 3.8) is 0 Å². The molecule has 0 aliphatic carbocycles. The van der Waals surface area contributed by atoms with Gasteiger partial charge in [-0.25, -0.2) is 0 Å². The number of piperidine rings is 1. The lowest BCUT2D eigenvalue weighted by Gasteiger charge is -2.33. The molecule has 1 aromatic rings. The highest BCUT2D eigenvalue weighted by atomic mass is 16.1. The highest BCUT2D eigenvalue weighted by Gasteiger charge is 2.24. The molecule has 2 rings (SSSR count). The van der Waals surface area contributed by atoms with Crippen molar-refractivity contribution in [1.29, 1.82) is 0 Å². The van der Waals surface area contributed by atoms with E-state index in [1.807, 2.05) is 6.07 Å². The van der Waals surface area contributed by atoms with Crippen LogP contribution in [0.5, 0.6) is 0 Å². The fraction of sp³-hybridized carbons (Fsp3) is 0.632. The molecule has 1 aromatic carbocycles. The van der Waals surface area contributed by atoms with Crippen molar-refractivity contribution >= 4 is 11.6 Å². The lowest BCUT2D eigenvalue weighted by molar-refractivity contribution is -0.125. The Morgan fingerprint density at radius 2 is 1.77 bits per heavy atom. The Bertz CT molecular complexity index is 424. The van der Waals surface area contributed by atoms with Crippen LogP contribution < -0.4 is 10.2 Å². The third-order valence-electron chi connectivity index (χ3n) is 4.57. The topological polar surface area (TPSA) is 32.3 Å². The average molecular weight is 302 g/mol. The van der Waals surface area contributed by atoms with Gasteiger partial charge in [0.25, 0.3) is 0 Å². The molecule has 0 radical (unpaired) electrons. The number of carbonyl (C=O) groups is 1. The van der Waals surface area contributed by atoms with E-state index in [0.29, 0.717) is 0 Å². The Morgan fingerprint density at radius 3 is 2.45 bits per heavy atom. The van der Waals surface area contributed by atoms with Gasteiger partial charge in [-0.1, -0.05) is 50.8 Å². The quantitative estimate of drug-likeness (QED) is 0.736. The highest BCUT2D eigenvalue weighted by molar-refractivity contribution is 5.78. The molecular formula is C19H30N2O. The fourth-order valence-corrected chi connectivity index (χ4v) is 3.12. The van der Waals surface area contributed by atoms with E-state index >= 15 is 0 Å². The minimum Gasteiger partial charge on any atom is -0.371 e. The molecular weight excluding hydrogens is 272 g/mol. The van der Waals surface area contributed by atoms with Crippen LogP contribution in [0.25, 0.3) is 0 Å².